The summed E-state index contributed by atoms with van der Waals surface area (Å²) in [5.41, 5.74) is 1.02. The van der Waals surface area contributed by atoms with Crippen LogP contribution in [-0.2, 0) is 0 Å². The smallest absolute Gasteiger partial charge is 0.339 e. The zero-order valence-electron chi connectivity index (χ0n) is 9.48. The van der Waals surface area contributed by atoms with Gasteiger partial charge in [0, 0.05) is 19.3 Å². The molecule has 1 aromatic rings. The molecule has 82 valence electrons. The van der Waals surface area contributed by atoms with Crippen molar-refractivity contribution in [2.45, 2.75) is 26.8 Å². The summed E-state index contributed by atoms with van der Waals surface area (Å²) in [6.07, 6.45) is 1.63. The monoisotopic (exact) mass is 208 g/mol. The molecule has 0 aromatic carbocycles. The Morgan fingerprint density at radius 3 is 2.60 bits per heavy atom. The van der Waals surface area contributed by atoms with Gasteiger partial charge in [-0.25, -0.2) is 9.78 Å². The van der Waals surface area contributed by atoms with Crippen molar-refractivity contribution in [3.63, 3.8) is 0 Å². The number of aryl methyl sites for hydroxylation is 1. The van der Waals surface area contributed by atoms with Crippen LogP contribution in [0.5, 0.6) is 0 Å². The Hall–Kier alpha value is -1.58. The summed E-state index contributed by atoms with van der Waals surface area (Å²) in [5.74, 6) is -0.402. The van der Waals surface area contributed by atoms with Crippen LogP contribution >= 0.6 is 0 Å². The van der Waals surface area contributed by atoms with Gasteiger partial charge in [-0.2, -0.15) is 0 Å². The van der Waals surface area contributed by atoms with E-state index in [1.807, 2.05) is 25.8 Å². The number of carbonyl (C=O) groups is 1. The molecule has 1 aromatic heterocycles. The van der Waals surface area contributed by atoms with Crippen LogP contribution < -0.4 is 4.90 Å². The first-order chi connectivity index (χ1) is 6.95. The second-order valence-electron chi connectivity index (χ2n) is 3.84. The number of hydrogen-bond acceptors (Lipinski definition) is 3. The first-order valence-corrected chi connectivity index (χ1v) is 4.87. The lowest BCUT2D eigenvalue weighted by Crippen LogP contribution is -2.28. The van der Waals surface area contributed by atoms with E-state index in [2.05, 4.69) is 4.98 Å². The number of pyridine rings is 1. The SMILES string of the molecule is Cc1ccnc(N(C)C(C)C)c1C(=O)O. The van der Waals surface area contributed by atoms with Crippen LogP contribution in [0, 0.1) is 6.92 Å². The molecule has 4 heteroatoms. The van der Waals surface area contributed by atoms with Gasteiger partial charge in [0.15, 0.2) is 0 Å². The highest BCUT2D eigenvalue weighted by atomic mass is 16.4. The summed E-state index contributed by atoms with van der Waals surface area (Å²) in [6.45, 7) is 5.77. The standard InChI is InChI=1S/C11H16N2O2/c1-7(2)13(4)10-9(11(14)15)8(3)5-6-12-10/h5-7H,1-4H3,(H,14,15). The minimum Gasteiger partial charge on any atom is -0.478 e. The molecule has 0 saturated carbocycles. The van der Waals surface area contributed by atoms with Gasteiger partial charge in [0.1, 0.15) is 11.4 Å². The van der Waals surface area contributed by atoms with E-state index >= 15 is 0 Å². The summed E-state index contributed by atoms with van der Waals surface area (Å²) >= 11 is 0. The molecule has 0 aliphatic heterocycles. The number of carboxylic acid groups (broad SMARTS) is 1. The molecular formula is C11H16N2O2. The summed E-state index contributed by atoms with van der Waals surface area (Å²) in [6, 6.07) is 1.93. The van der Waals surface area contributed by atoms with E-state index in [0.29, 0.717) is 5.82 Å². The third kappa shape index (κ3) is 2.26. The van der Waals surface area contributed by atoms with Crippen molar-refractivity contribution in [2.24, 2.45) is 0 Å². The average Bonchev–Trinajstić information content (AvgIpc) is 2.15. The van der Waals surface area contributed by atoms with Gasteiger partial charge in [-0.15, -0.1) is 0 Å². The molecule has 0 aliphatic rings. The van der Waals surface area contributed by atoms with E-state index in [-0.39, 0.29) is 11.6 Å². The van der Waals surface area contributed by atoms with Gasteiger partial charge in [-0.3, -0.25) is 0 Å². The predicted octanol–water partition coefficient (Wildman–Crippen LogP) is 1.93. The van der Waals surface area contributed by atoms with Gasteiger partial charge < -0.3 is 10.0 Å². The van der Waals surface area contributed by atoms with Crippen LogP contribution in [0.25, 0.3) is 0 Å². The molecule has 0 amide bonds. The molecule has 1 N–H and O–H groups in total. The maximum Gasteiger partial charge on any atom is 0.339 e. The number of nitrogens with zero attached hydrogens (tertiary/aromatic N) is 2. The molecule has 0 unspecified atom stereocenters. The van der Waals surface area contributed by atoms with Crippen LogP contribution in [0.2, 0.25) is 0 Å². The van der Waals surface area contributed by atoms with Crippen LogP contribution in [0.15, 0.2) is 12.3 Å². The van der Waals surface area contributed by atoms with Gasteiger partial charge in [0.25, 0.3) is 0 Å². The van der Waals surface area contributed by atoms with Gasteiger partial charge >= 0.3 is 5.97 Å². The van der Waals surface area contributed by atoms with Gasteiger partial charge in [-0.1, -0.05) is 0 Å². The third-order valence-electron chi connectivity index (χ3n) is 2.46. The summed E-state index contributed by atoms with van der Waals surface area (Å²) in [4.78, 5) is 17.1. The Labute approximate surface area is 89.6 Å². The highest BCUT2D eigenvalue weighted by molar-refractivity contribution is 5.94. The molecule has 0 bridgehead atoms. The molecule has 4 nitrogen and oxygen atoms in total. The van der Waals surface area contributed by atoms with Crippen LogP contribution in [0.4, 0.5) is 5.82 Å². The summed E-state index contributed by atoms with van der Waals surface area (Å²) < 4.78 is 0. The van der Waals surface area contributed by atoms with Crippen molar-refractivity contribution in [1.29, 1.82) is 0 Å². The van der Waals surface area contributed by atoms with E-state index < -0.39 is 5.97 Å². The second kappa shape index (κ2) is 4.29. The summed E-state index contributed by atoms with van der Waals surface area (Å²) in [7, 11) is 1.85. The molecule has 0 spiro atoms. The molecule has 0 radical (unpaired) electrons. The Balaban J connectivity index is 3.29. The second-order valence-corrected chi connectivity index (χ2v) is 3.84. The van der Waals surface area contributed by atoms with Gasteiger partial charge in [-0.05, 0) is 32.4 Å². The van der Waals surface area contributed by atoms with E-state index in [4.69, 9.17) is 5.11 Å². The fourth-order valence-electron chi connectivity index (χ4n) is 1.32. The maximum atomic E-state index is 11.1. The minimum atomic E-state index is -0.928. The van der Waals surface area contributed by atoms with Crippen molar-refractivity contribution in [2.75, 3.05) is 11.9 Å². The van der Waals surface area contributed by atoms with E-state index in [9.17, 15) is 4.79 Å². The molecule has 0 saturated heterocycles. The predicted molar refractivity (Wildman–Crippen MR) is 59.5 cm³/mol. The highest BCUT2D eigenvalue weighted by Crippen LogP contribution is 2.21. The van der Waals surface area contributed by atoms with Crippen molar-refractivity contribution < 1.29 is 9.90 Å². The highest BCUT2D eigenvalue weighted by Gasteiger charge is 2.18. The van der Waals surface area contributed by atoms with E-state index in [1.54, 1.807) is 19.2 Å². The Morgan fingerprint density at radius 1 is 1.53 bits per heavy atom. The Bertz CT molecular complexity index is 375. The van der Waals surface area contributed by atoms with Crippen molar-refractivity contribution >= 4 is 11.8 Å². The van der Waals surface area contributed by atoms with Crippen molar-refractivity contribution in [3.05, 3.63) is 23.4 Å². The molecule has 0 atom stereocenters. The lowest BCUT2D eigenvalue weighted by atomic mass is 10.1. The zero-order chi connectivity index (χ0) is 11.6. The number of hydrogen-bond donors (Lipinski definition) is 1. The fourth-order valence-corrected chi connectivity index (χ4v) is 1.32. The van der Waals surface area contributed by atoms with Crippen molar-refractivity contribution in [3.8, 4) is 0 Å². The van der Waals surface area contributed by atoms with Gasteiger partial charge in [0.2, 0.25) is 0 Å². The number of rotatable bonds is 3. The third-order valence-corrected chi connectivity index (χ3v) is 2.46. The van der Waals surface area contributed by atoms with Crippen LogP contribution in [0.1, 0.15) is 29.8 Å². The van der Waals surface area contributed by atoms with Crippen molar-refractivity contribution in [1.82, 2.24) is 4.98 Å². The number of aromatic nitrogens is 1. The maximum absolute atomic E-state index is 11.1. The Morgan fingerprint density at radius 2 is 2.13 bits per heavy atom. The number of carboxylic acids is 1. The molecule has 0 fully saturated rings. The van der Waals surface area contributed by atoms with E-state index in [0.717, 1.165) is 5.56 Å². The summed E-state index contributed by atoms with van der Waals surface area (Å²) in [5, 5.41) is 9.11. The molecule has 1 rings (SSSR count). The van der Waals surface area contributed by atoms with Gasteiger partial charge in [0.05, 0.1) is 0 Å². The lowest BCUT2D eigenvalue weighted by molar-refractivity contribution is 0.0696. The van der Waals surface area contributed by atoms with E-state index in [1.165, 1.54) is 0 Å². The Kier molecular flexibility index (Phi) is 3.29. The number of anilines is 1. The molecule has 1 heterocycles. The quantitative estimate of drug-likeness (QED) is 0.824. The minimum absolute atomic E-state index is 0.220. The normalized spacial score (nSPS) is 10.5. The number of aromatic carboxylic acids is 1. The first kappa shape index (κ1) is 11.5. The first-order valence-electron chi connectivity index (χ1n) is 4.87. The lowest BCUT2D eigenvalue weighted by Gasteiger charge is -2.24. The molecule has 15 heavy (non-hydrogen) atoms. The molecular weight excluding hydrogens is 192 g/mol. The fraction of sp³-hybridized carbons (Fsp3) is 0.455. The van der Waals surface area contributed by atoms with Crippen LogP contribution in [-0.4, -0.2) is 29.1 Å². The molecule has 0 aliphatic carbocycles. The topological polar surface area (TPSA) is 53.4 Å². The zero-order valence-corrected chi connectivity index (χ0v) is 9.48. The van der Waals surface area contributed by atoms with Crippen LogP contribution in [0.3, 0.4) is 0 Å². The average molecular weight is 208 g/mol. The largest absolute Gasteiger partial charge is 0.478 e.